The highest BCUT2D eigenvalue weighted by Gasteiger charge is 2.17. The Hall–Kier alpha value is -1.30. The van der Waals surface area contributed by atoms with Crippen LogP contribution in [0.5, 0.6) is 0 Å². The van der Waals surface area contributed by atoms with Crippen molar-refractivity contribution in [3.05, 3.63) is 0 Å². The zero-order chi connectivity index (χ0) is 14.1. The SMILES string of the molecule is CC(C)CN(C(=O)NCCOCC(=O)O)C(C)C. The topological polar surface area (TPSA) is 78.9 Å². The lowest BCUT2D eigenvalue weighted by molar-refractivity contribution is -0.142. The zero-order valence-corrected chi connectivity index (χ0v) is 11.6. The van der Waals surface area contributed by atoms with Crippen LogP contribution in [-0.4, -0.2) is 54.4 Å². The number of hydrogen-bond donors (Lipinski definition) is 2. The molecule has 106 valence electrons. The lowest BCUT2D eigenvalue weighted by atomic mass is 10.2. The van der Waals surface area contributed by atoms with Gasteiger partial charge in [-0.25, -0.2) is 9.59 Å². The minimum absolute atomic E-state index is 0.132. The molecule has 0 fully saturated rings. The fourth-order valence-electron chi connectivity index (χ4n) is 1.41. The molecule has 18 heavy (non-hydrogen) atoms. The van der Waals surface area contributed by atoms with Crippen molar-refractivity contribution in [1.82, 2.24) is 10.2 Å². The molecule has 2 amide bonds. The van der Waals surface area contributed by atoms with E-state index in [1.54, 1.807) is 4.90 Å². The van der Waals surface area contributed by atoms with Crippen molar-refractivity contribution in [3.8, 4) is 0 Å². The van der Waals surface area contributed by atoms with Gasteiger partial charge in [-0.15, -0.1) is 0 Å². The third kappa shape index (κ3) is 7.89. The minimum atomic E-state index is -1.01. The number of urea groups is 1. The van der Waals surface area contributed by atoms with E-state index in [9.17, 15) is 9.59 Å². The van der Waals surface area contributed by atoms with Gasteiger partial charge in [0, 0.05) is 19.1 Å². The normalized spacial score (nSPS) is 10.8. The van der Waals surface area contributed by atoms with Crippen LogP contribution in [0.4, 0.5) is 4.79 Å². The third-order valence-corrected chi connectivity index (χ3v) is 2.19. The summed E-state index contributed by atoms with van der Waals surface area (Å²) in [4.78, 5) is 23.8. The molecule has 0 saturated carbocycles. The first-order valence-corrected chi connectivity index (χ1v) is 6.18. The molecule has 0 aliphatic carbocycles. The van der Waals surface area contributed by atoms with Crippen LogP contribution >= 0.6 is 0 Å². The van der Waals surface area contributed by atoms with E-state index in [1.807, 2.05) is 13.8 Å². The fourth-order valence-corrected chi connectivity index (χ4v) is 1.41. The van der Waals surface area contributed by atoms with E-state index < -0.39 is 5.97 Å². The summed E-state index contributed by atoms with van der Waals surface area (Å²) in [6.45, 7) is 8.90. The van der Waals surface area contributed by atoms with E-state index in [-0.39, 0.29) is 25.3 Å². The van der Waals surface area contributed by atoms with Crippen molar-refractivity contribution in [1.29, 1.82) is 0 Å². The molecule has 6 heteroatoms. The molecule has 0 unspecified atom stereocenters. The van der Waals surface area contributed by atoms with Gasteiger partial charge in [0.05, 0.1) is 6.61 Å². The van der Waals surface area contributed by atoms with Gasteiger partial charge in [-0.2, -0.15) is 0 Å². The van der Waals surface area contributed by atoms with Crippen LogP contribution in [0.3, 0.4) is 0 Å². The lowest BCUT2D eigenvalue weighted by Crippen LogP contribution is -2.46. The molecule has 0 aliphatic heterocycles. The molecule has 0 aromatic heterocycles. The van der Waals surface area contributed by atoms with Gasteiger partial charge in [0.15, 0.2) is 0 Å². The molecule has 0 radical (unpaired) electrons. The highest BCUT2D eigenvalue weighted by Crippen LogP contribution is 2.04. The molecular formula is C12H24N2O4. The van der Waals surface area contributed by atoms with Gasteiger partial charge in [0.25, 0.3) is 0 Å². The number of amides is 2. The van der Waals surface area contributed by atoms with E-state index >= 15 is 0 Å². The summed E-state index contributed by atoms with van der Waals surface area (Å²) in [5.74, 6) is -0.605. The maximum absolute atomic E-state index is 11.9. The Kier molecular flexibility index (Phi) is 8.11. The molecule has 0 heterocycles. The van der Waals surface area contributed by atoms with Crippen LogP contribution in [0.25, 0.3) is 0 Å². The second-order valence-corrected chi connectivity index (χ2v) is 4.82. The smallest absolute Gasteiger partial charge is 0.329 e. The van der Waals surface area contributed by atoms with Crippen molar-refractivity contribution in [2.75, 3.05) is 26.3 Å². The van der Waals surface area contributed by atoms with Gasteiger partial charge in [-0.05, 0) is 19.8 Å². The van der Waals surface area contributed by atoms with E-state index in [4.69, 9.17) is 9.84 Å². The second kappa shape index (κ2) is 8.74. The first-order chi connectivity index (χ1) is 8.34. The monoisotopic (exact) mass is 260 g/mol. The summed E-state index contributed by atoms with van der Waals surface area (Å²) in [5.41, 5.74) is 0. The molecule has 0 atom stereocenters. The van der Waals surface area contributed by atoms with Crippen molar-refractivity contribution in [3.63, 3.8) is 0 Å². The molecule has 0 saturated heterocycles. The number of carboxylic acids is 1. The molecule has 0 aromatic rings. The second-order valence-electron chi connectivity index (χ2n) is 4.82. The van der Waals surface area contributed by atoms with Crippen molar-refractivity contribution < 1.29 is 19.4 Å². The average molecular weight is 260 g/mol. The summed E-state index contributed by atoms with van der Waals surface area (Å²) in [7, 11) is 0. The number of nitrogens with zero attached hydrogens (tertiary/aromatic N) is 1. The van der Waals surface area contributed by atoms with Gasteiger partial charge in [-0.3, -0.25) is 0 Å². The van der Waals surface area contributed by atoms with E-state index in [0.29, 0.717) is 19.0 Å². The predicted molar refractivity (Wildman–Crippen MR) is 68.5 cm³/mol. The van der Waals surface area contributed by atoms with Crippen molar-refractivity contribution in [2.45, 2.75) is 33.7 Å². The first-order valence-electron chi connectivity index (χ1n) is 6.18. The molecule has 6 nitrogen and oxygen atoms in total. The standard InChI is InChI=1S/C12H24N2O4/c1-9(2)7-14(10(3)4)12(17)13-5-6-18-8-11(15)16/h9-10H,5-8H2,1-4H3,(H,13,17)(H,15,16). The zero-order valence-electron chi connectivity index (χ0n) is 11.6. The highest BCUT2D eigenvalue weighted by atomic mass is 16.5. The maximum atomic E-state index is 11.9. The van der Waals surface area contributed by atoms with Crippen LogP contribution in [0.1, 0.15) is 27.7 Å². The molecule has 0 bridgehead atoms. The maximum Gasteiger partial charge on any atom is 0.329 e. The summed E-state index contributed by atoms with van der Waals surface area (Å²) < 4.78 is 4.83. The highest BCUT2D eigenvalue weighted by molar-refractivity contribution is 5.74. The largest absolute Gasteiger partial charge is 0.480 e. The molecule has 0 aliphatic rings. The number of carbonyl (C=O) groups excluding carboxylic acids is 1. The number of hydrogen-bond acceptors (Lipinski definition) is 3. The minimum Gasteiger partial charge on any atom is -0.480 e. The Morgan fingerprint density at radius 2 is 1.89 bits per heavy atom. The number of ether oxygens (including phenoxy) is 1. The number of carboxylic acid groups (broad SMARTS) is 1. The van der Waals surface area contributed by atoms with Gasteiger partial charge in [-0.1, -0.05) is 13.8 Å². The quantitative estimate of drug-likeness (QED) is 0.642. The fraction of sp³-hybridized carbons (Fsp3) is 0.833. The van der Waals surface area contributed by atoms with Crippen LogP contribution in [0.15, 0.2) is 0 Å². The number of aliphatic carboxylic acids is 1. The summed E-state index contributed by atoms with van der Waals surface area (Å²) in [6.07, 6.45) is 0. The van der Waals surface area contributed by atoms with Crippen LogP contribution < -0.4 is 5.32 Å². The number of nitrogens with one attached hydrogen (secondary N) is 1. The number of rotatable bonds is 8. The predicted octanol–water partition coefficient (Wildman–Crippen LogP) is 1.16. The van der Waals surface area contributed by atoms with Crippen LogP contribution in [0.2, 0.25) is 0 Å². The van der Waals surface area contributed by atoms with Crippen molar-refractivity contribution in [2.24, 2.45) is 5.92 Å². The van der Waals surface area contributed by atoms with Gasteiger partial charge in [0.1, 0.15) is 6.61 Å². The Balaban J connectivity index is 3.92. The van der Waals surface area contributed by atoms with Gasteiger partial charge in [0.2, 0.25) is 0 Å². The molecule has 2 N–H and O–H groups in total. The van der Waals surface area contributed by atoms with Gasteiger partial charge < -0.3 is 20.1 Å². The molecule has 0 rings (SSSR count). The summed E-state index contributed by atoms with van der Waals surface area (Å²) in [6, 6.07) is -0.00929. The van der Waals surface area contributed by atoms with E-state index in [0.717, 1.165) is 0 Å². The Morgan fingerprint density at radius 1 is 1.28 bits per heavy atom. The average Bonchev–Trinajstić information content (AvgIpc) is 2.24. The van der Waals surface area contributed by atoms with Gasteiger partial charge >= 0.3 is 12.0 Å². The Morgan fingerprint density at radius 3 is 2.33 bits per heavy atom. The molecule has 0 aromatic carbocycles. The Bertz CT molecular complexity index is 267. The lowest BCUT2D eigenvalue weighted by Gasteiger charge is -2.28. The Labute approximate surface area is 108 Å². The van der Waals surface area contributed by atoms with E-state index in [2.05, 4.69) is 19.2 Å². The summed E-state index contributed by atoms with van der Waals surface area (Å²) in [5, 5.41) is 11.1. The molecule has 0 spiro atoms. The van der Waals surface area contributed by atoms with Crippen LogP contribution in [-0.2, 0) is 9.53 Å². The third-order valence-electron chi connectivity index (χ3n) is 2.19. The molecular weight excluding hydrogens is 236 g/mol. The summed E-state index contributed by atoms with van der Waals surface area (Å²) >= 11 is 0. The van der Waals surface area contributed by atoms with Crippen molar-refractivity contribution >= 4 is 12.0 Å². The first kappa shape index (κ1) is 16.7. The van der Waals surface area contributed by atoms with Crippen LogP contribution in [0, 0.1) is 5.92 Å². The van der Waals surface area contributed by atoms with E-state index in [1.165, 1.54) is 0 Å². The number of carbonyl (C=O) groups is 2.